The van der Waals surface area contributed by atoms with Gasteiger partial charge in [0, 0.05) is 16.0 Å². The molecule has 0 atom stereocenters. The number of thioether (sulfide) groups is 1. The Bertz CT molecular complexity index is 1510. The van der Waals surface area contributed by atoms with Crippen LogP contribution in [0.1, 0.15) is 62.0 Å². The molecule has 10 heteroatoms. The van der Waals surface area contributed by atoms with Crippen LogP contribution in [-0.4, -0.2) is 41.6 Å². The second-order valence-corrected chi connectivity index (χ2v) is 11.4. The van der Waals surface area contributed by atoms with Gasteiger partial charge in [0.05, 0.1) is 30.7 Å². The first kappa shape index (κ1) is 27.7. The molecule has 1 aromatic heterocycles. The fraction of sp³-hybridized carbons (Fsp3) is 0.267. The minimum atomic E-state index is -0.413. The molecule has 3 aromatic rings. The number of nitrogens with one attached hydrogen (secondary N) is 1. The number of benzene rings is 2. The summed E-state index contributed by atoms with van der Waals surface area (Å²) < 4.78 is 10.6. The maximum absolute atomic E-state index is 13.1. The Kier molecular flexibility index (Phi) is 8.37. The summed E-state index contributed by atoms with van der Waals surface area (Å²) in [6, 6.07) is 14.0. The minimum Gasteiger partial charge on any atom is -0.496 e. The molecule has 0 bridgehead atoms. The van der Waals surface area contributed by atoms with Gasteiger partial charge in [0.1, 0.15) is 10.8 Å². The molecule has 0 saturated carbocycles. The predicted octanol–water partition coefficient (Wildman–Crippen LogP) is 6.30. The van der Waals surface area contributed by atoms with Crippen molar-refractivity contribution in [3.63, 3.8) is 0 Å². The molecule has 40 heavy (non-hydrogen) atoms. The standard InChI is InChI=1S/C30H28N2O6S2/c1-3-38-29(35)25-21-9-5-7-11-23(21)39-27(25)31-26(33)19-14-12-18(13-15-19)17-32-28(34)24(40-30(32)36)16-20-8-4-6-10-22(20)37-2/h4,6,8,10,12-16H,3,5,7,9,11,17H2,1-2H3,(H,31,33)/b24-16-. The number of esters is 1. The third kappa shape index (κ3) is 5.68. The number of ether oxygens (including phenoxy) is 2. The van der Waals surface area contributed by atoms with Gasteiger partial charge < -0.3 is 14.8 Å². The van der Waals surface area contributed by atoms with E-state index in [2.05, 4.69) is 5.32 Å². The Morgan fingerprint density at radius 1 is 1.05 bits per heavy atom. The molecule has 1 fully saturated rings. The molecule has 1 aliphatic carbocycles. The molecule has 0 radical (unpaired) electrons. The van der Waals surface area contributed by atoms with Crippen molar-refractivity contribution in [2.45, 2.75) is 39.2 Å². The summed E-state index contributed by atoms with van der Waals surface area (Å²) in [5.74, 6) is -0.526. The number of hydrogen-bond donors (Lipinski definition) is 1. The highest BCUT2D eigenvalue weighted by molar-refractivity contribution is 8.18. The second-order valence-electron chi connectivity index (χ2n) is 9.30. The Morgan fingerprint density at radius 2 is 1.80 bits per heavy atom. The molecule has 2 heterocycles. The van der Waals surface area contributed by atoms with Gasteiger partial charge in [0.25, 0.3) is 17.1 Å². The van der Waals surface area contributed by atoms with E-state index in [1.807, 2.05) is 18.2 Å². The van der Waals surface area contributed by atoms with Crippen LogP contribution in [0.2, 0.25) is 0 Å². The lowest BCUT2D eigenvalue weighted by Crippen LogP contribution is -2.27. The summed E-state index contributed by atoms with van der Waals surface area (Å²) in [5, 5.41) is 3.06. The van der Waals surface area contributed by atoms with Crippen LogP contribution < -0.4 is 10.1 Å². The summed E-state index contributed by atoms with van der Waals surface area (Å²) >= 11 is 2.32. The number of anilines is 1. The molecular formula is C30H28N2O6S2. The second kappa shape index (κ2) is 12.1. The third-order valence-corrected chi connectivity index (χ3v) is 8.85. The quantitative estimate of drug-likeness (QED) is 0.248. The molecule has 206 valence electrons. The van der Waals surface area contributed by atoms with E-state index in [4.69, 9.17) is 9.47 Å². The number of fused-ring (bicyclic) bond motifs is 1. The van der Waals surface area contributed by atoms with E-state index in [0.717, 1.165) is 47.9 Å². The molecule has 2 aliphatic rings. The summed E-state index contributed by atoms with van der Waals surface area (Å²) in [5.41, 5.74) is 3.26. The molecule has 5 rings (SSSR count). The molecule has 1 N–H and O–H groups in total. The first-order valence-electron chi connectivity index (χ1n) is 13.0. The van der Waals surface area contributed by atoms with Crippen molar-refractivity contribution in [1.29, 1.82) is 0 Å². The van der Waals surface area contributed by atoms with Crippen LogP contribution in [0, 0.1) is 0 Å². The van der Waals surface area contributed by atoms with E-state index in [-0.39, 0.29) is 30.2 Å². The number of thiophene rings is 1. The van der Waals surface area contributed by atoms with Gasteiger partial charge in [-0.1, -0.05) is 30.3 Å². The van der Waals surface area contributed by atoms with Crippen molar-refractivity contribution in [3.05, 3.63) is 86.1 Å². The highest BCUT2D eigenvalue weighted by Crippen LogP contribution is 2.39. The van der Waals surface area contributed by atoms with Gasteiger partial charge in [-0.15, -0.1) is 11.3 Å². The third-order valence-electron chi connectivity index (χ3n) is 6.73. The van der Waals surface area contributed by atoms with Gasteiger partial charge in [0.15, 0.2) is 0 Å². The largest absolute Gasteiger partial charge is 0.496 e. The van der Waals surface area contributed by atoms with Gasteiger partial charge in [-0.3, -0.25) is 19.3 Å². The summed E-state index contributed by atoms with van der Waals surface area (Å²) in [4.78, 5) is 54.0. The van der Waals surface area contributed by atoms with E-state index < -0.39 is 5.97 Å². The highest BCUT2D eigenvalue weighted by Gasteiger charge is 2.35. The number of amides is 3. The zero-order valence-electron chi connectivity index (χ0n) is 22.2. The molecule has 2 aromatic carbocycles. The molecule has 1 aliphatic heterocycles. The minimum absolute atomic E-state index is 0.0838. The lowest BCUT2D eigenvalue weighted by molar-refractivity contribution is -0.123. The number of rotatable bonds is 8. The van der Waals surface area contributed by atoms with Gasteiger partial charge in [-0.2, -0.15) is 0 Å². The van der Waals surface area contributed by atoms with Crippen LogP contribution >= 0.6 is 23.1 Å². The van der Waals surface area contributed by atoms with E-state index >= 15 is 0 Å². The van der Waals surface area contributed by atoms with Crippen molar-refractivity contribution in [2.24, 2.45) is 0 Å². The number of carbonyl (C=O) groups excluding carboxylic acids is 4. The topological polar surface area (TPSA) is 102 Å². The number of nitrogens with zero attached hydrogens (tertiary/aromatic N) is 1. The Morgan fingerprint density at radius 3 is 2.55 bits per heavy atom. The van der Waals surface area contributed by atoms with E-state index in [1.165, 1.54) is 16.2 Å². The van der Waals surface area contributed by atoms with Crippen LogP contribution in [0.25, 0.3) is 6.08 Å². The molecule has 0 spiro atoms. The Balaban J connectivity index is 1.28. The predicted molar refractivity (Wildman–Crippen MR) is 156 cm³/mol. The van der Waals surface area contributed by atoms with Crippen LogP contribution in [0.15, 0.2) is 53.4 Å². The van der Waals surface area contributed by atoms with E-state index in [9.17, 15) is 19.2 Å². The first-order valence-corrected chi connectivity index (χ1v) is 14.6. The lowest BCUT2D eigenvalue weighted by atomic mass is 9.95. The van der Waals surface area contributed by atoms with Crippen LogP contribution in [0.5, 0.6) is 5.75 Å². The number of hydrogen-bond acceptors (Lipinski definition) is 8. The summed E-state index contributed by atoms with van der Waals surface area (Å²) in [6.07, 6.45) is 5.40. The molecular weight excluding hydrogens is 548 g/mol. The van der Waals surface area contributed by atoms with Crippen molar-refractivity contribution < 1.29 is 28.7 Å². The van der Waals surface area contributed by atoms with Crippen molar-refractivity contribution in [3.8, 4) is 5.75 Å². The molecule has 1 saturated heterocycles. The summed E-state index contributed by atoms with van der Waals surface area (Å²) in [7, 11) is 1.55. The van der Waals surface area contributed by atoms with Crippen LogP contribution in [-0.2, 0) is 28.9 Å². The number of methoxy groups -OCH3 is 1. The van der Waals surface area contributed by atoms with Gasteiger partial charge >= 0.3 is 5.97 Å². The highest BCUT2D eigenvalue weighted by atomic mass is 32.2. The molecule has 3 amide bonds. The van der Waals surface area contributed by atoms with Crippen LogP contribution in [0.4, 0.5) is 9.80 Å². The monoisotopic (exact) mass is 576 g/mol. The van der Waals surface area contributed by atoms with E-state index in [1.54, 1.807) is 50.4 Å². The molecule has 0 unspecified atom stereocenters. The Hall–Kier alpha value is -3.89. The van der Waals surface area contributed by atoms with Crippen LogP contribution in [0.3, 0.4) is 0 Å². The zero-order chi connectivity index (χ0) is 28.2. The van der Waals surface area contributed by atoms with E-state index in [0.29, 0.717) is 37.9 Å². The smallest absolute Gasteiger partial charge is 0.341 e. The number of imide groups is 1. The molecule has 8 nitrogen and oxygen atoms in total. The SMILES string of the molecule is CCOC(=O)c1c(NC(=O)c2ccc(CN3C(=O)S/C(=C\c4ccccc4OC)C3=O)cc2)sc2c1CCCC2. The number of aryl methyl sites for hydroxylation is 1. The average Bonchev–Trinajstić information content (AvgIpc) is 3.45. The zero-order valence-corrected chi connectivity index (χ0v) is 23.8. The fourth-order valence-electron chi connectivity index (χ4n) is 4.76. The fourth-order valence-corrected chi connectivity index (χ4v) is 6.86. The average molecular weight is 577 g/mol. The van der Waals surface area contributed by atoms with Crippen molar-refractivity contribution in [1.82, 2.24) is 4.90 Å². The van der Waals surface area contributed by atoms with Crippen molar-refractivity contribution >= 4 is 57.2 Å². The maximum Gasteiger partial charge on any atom is 0.341 e. The Labute approximate surface area is 240 Å². The normalized spacial score (nSPS) is 15.8. The summed E-state index contributed by atoms with van der Waals surface area (Å²) in [6.45, 7) is 2.10. The lowest BCUT2D eigenvalue weighted by Gasteiger charge is -2.13. The van der Waals surface area contributed by atoms with Gasteiger partial charge in [-0.25, -0.2) is 4.79 Å². The number of carbonyl (C=O) groups is 4. The van der Waals surface area contributed by atoms with Gasteiger partial charge in [0.2, 0.25) is 0 Å². The van der Waals surface area contributed by atoms with Crippen molar-refractivity contribution in [2.75, 3.05) is 19.0 Å². The maximum atomic E-state index is 13.1. The first-order chi connectivity index (χ1) is 19.4. The number of para-hydroxylation sites is 1. The van der Waals surface area contributed by atoms with Gasteiger partial charge in [-0.05, 0) is 79.8 Å².